The van der Waals surface area contributed by atoms with Gasteiger partial charge in [-0.3, -0.25) is 15.4 Å². The van der Waals surface area contributed by atoms with E-state index in [-0.39, 0.29) is 11.9 Å². The predicted octanol–water partition coefficient (Wildman–Crippen LogP) is 1.49. The summed E-state index contributed by atoms with van der Waals surface area (Å²) in [5, 5.41) is 13.7. The highest BCUT2D eigenvalue weighted by molar-refractivity contribution is 6.10. The number of nitrogens with zero attached hydrogens (tertiary/aromatic N) is 2. The Labute approximate surface area is 121 Å². The smallest absolute Gasteiger partial charge is 0.264 e. The van der Waals surface area contributed by atoms with Gasteiger partial charge in [-0.15, -0.1) is 0 Å². The first kappa shape index (κ1) is 12.9. The molecule has 0 saturated heterocycles. The number of carbonyl (C=O) groups is 1. The highest BCUT2D eigenvalue weighted by atomic mass is 16.2. The predicted molar refractivity (Wildman–Crippen MR) is 78.0 cm³/mol. The van der Waals surface area contributed by atoms with Crippen LogP contribution in [-0.2, 0) is 10.3 Å². The summed E-state index contributed by atoms with van der Waals surface area (Å²) in [5.74, 6) is -0.118. The van der Waals surface area contributed by atoms with Crippen molar-refractivity contribution in [3.63, 3.8) is 0 Å². The Morgan fingerprint density at radius 1 is 1.00 bits per heavy atom. The summed E-state index contributed by atoms with van der Waals surface area (Å²) in [4.78, 5) is 17.1. The van der Waals surface area contributed by atoms with Gasteiger partial charge in [-0.05, 0) is 11.1 Å². The SMILES string of the molecule is N#CNC1=NC(c2ccccc2)(c2ccccc2)C(=O)N1. The fourth-order valence-corrected chi connectivity index (χ4v) is 2.47. The maximum atomic E-state index is 12.6. The van der Waals surface area contributed by atoms with Gasteiger partial charge < -0.3 is 0 Å². The van der Waals surface area contributed by atoms with Gasteiger partial charge in [0.15, 0.2) is 11.7 Å². The molecular formula is C16H12N4O. The molecular weight excluding hydrogens is 264 g/mol. The molecule has 2 aromatic rings. The molecule has 2 aromatic carbocycles. The lowest BCUT2D eigenvalue weighted by atomic mass is 9.83. The molecule has 0 aromatic heterocycles. The Hall–Kier alpha value is -3.13. The molecule has 0 spiro atoms. The van der Waals surface area contributed by atoms with Crippen LogP contribution >= 0.6 is 0 Å². The molecule has 1 heterocycles. The van der Waals surface area contributed by atoms with Crippen LogP contribution < -0.4 is 10.6 Å². The number of hydrogen-bond acceptors (Lipinski definition) is 4. The van der Waals surface area contributed by atoms with Gasteiger partial charge in [0.05, 0.1) is 0 Å². The van der Waals surface area contributed by atoms with E-state index in [1.165, 1.54) is 0 Å². The van der Waals surface area contributed by atoms with Crippen LogP contribution in [0.3, 0.4) is 0 Å². The van der Waals surface area contributed by atoms with Crippen molar-refractivity contribution in [2.75, 3.05) is 0 Å². The van der Waals surface area contributed by atoms with Crippen molar-refractivity contribution < 1.29 is 4.79 Å². The first-order chi connectivity index (χ1) is 10.3. The van der Waals surface area contributed by atoms with Crippen molar-refractivity contribution in [1.29, 1.82) is 5.26 Å². The van der Waals surface area contributed by atoms with E-state index in [2.05, 4.69) is 15.6 Å². The molecule has 0 unspecified atom stereocenters. The van der Waals surface area contributed by atoms with Crippen molar-refractivity contribution >= 4 is 11.9 Å². The Kier molecular flexibility index (Phi) is 3.13. The van der Waals surface area contributed by atoms with E-state index in [1.54, 1.807) is 6.19 Å². The number of amides is 1. The Morgan fingerprint density at radius 2 is 1.52 bits per heavy atom. The number of aliphatic imine (C=N–C) groups is 1. The number of nitriles is 1. The second kappa shape index (κ2) is 5.10. The van der Waals surface area contributed by atoms with E-state index in [0.29, 0.717) is 0 Å². The molecule has 5 nitrogen and oxygen atoms in total. The first-order valence-corrected chi connectivity index (χ1v) is 6.45. The largest absolute Gasteiger partial charge is 0.293 e. The van der Waals surface area contributed by atoms with Gasteiger partial charge in [0.1, 0.15) is 0 Å². The lowest BCUT2D eigenvalue weighted by molar-refractivity contribution is -0.122. The molecule has 1 amide bonds. The van der Waals surface area contributed by atoms with E-state index in [9.17, 15) is 4.79 Å². The van der Waals surface area contributed by atoms with E-state index < -0.39 is 5.54 Å². The van der Waals surface area contributed by atoms with Crippen LogP contribution in [0.2, 0.25) is 0 Å². The highest BCUT2D eigenvalue weighted by Crippen LogP contribution is 2.36. The van der Waals surface area contributed by atoms with E-state index >= 15 is 0 Å². The van der Waals surface area contributed by atoms with Crippen LogP contribution in [0, 0.1) is 11.5 Å². The van der Waals surface area contributed by atoms with Crippen LogP contribution in [0.15, 0.2) is 65.7 Å². The number of guanidine groups is 1. The molecule has 0 radical (unpaired) electrons. The quantitative estimate of drug-likeness (QED) is 0.644. The average Bonchev–Trinajstić information content (AvgIpc) is 2.87. The Morgan fingerprint density at radius 3 is 2.00 bits per heavy atom. The van der Waals surface area contributed by atoms with E-state index in [1.807, 2.05) is 60.7 Å². The molecule has 1 aliphatic heterocycles. The fourth-order valence-electron chi connectivity index (χ4n) is 2.47. The second-order valence-corrected chi connectivity index (χ2v) is 4.59. The number of carbonyl (C=O) groups excluding carboxylic acids is 1. The first-order valence-electron chi connectivity index (χ1n) is 6.45. The average molecular weight is 276 g/mol. The van der Waals surface area contributed by atoms with Gasteiger partial charge in [-0.25, -0.2) is 4.99 Å². The maximum Gasteiger partial charge on any atom is 0.264 e. The zero-order valence-corrected chi connectivity index (χ0v) is 11.1. The molecule has 0 bridgehead atoms. The molecule has 5 heteroatoms. The highest BCUT2D eigenvalue weighted by Gasteiger charge is 2.46. The molecule has 21 heavy (non-hydrogen) atoms. The number of benzene rings is 2. The third kappa shape index (κ3) is 2.03. The summed E-state index contributed by atoms with van der Waals surface area (Å²) < 4.78 is 0. The van der Waals surface area contributed by atoms with E-state index in [4.69, 9.17) is 5.26 Å². The van der Waals surface area contributed by atoms with Gasteiger partial charge in [0.2, 0.25) is 5.96 Å². The van der Waals surface area contributed by atoms with Gasteiger partial charge in [-0.1, -0.05) is 60.7 Å². The zero-order valence-electron chi connectivity index (χ0n) is 11.1. The normalized spacial score (nSPS) is 15.8. The monoisotopic (exact) mass is 276 g/mol. The van der Waals surface area contributed by atoms with Gasteiger partial charge in [0.25, 0.3) is 5.91 Å². The lowest BCUT2D eigenvalue weighted by Crippen LogP contribution is -2.40. The summed E-state index contributed by atoms with van der Waals surface area (Å²) in [6, 6.07) is 18.6. The number of nitrogens with one attached hydrogen (secondary N) is 2. The van der Waals surface area contributed by atoms with Crippen LogP contribution in [0.5, 0.6) is 0 Å². The van der Waals surface area contributed by atoms with Gasteiger partial charge >= 0.3 is 0 Å². The summed E-state index contributed by atoms with van der Waals surface area (Å²) in [7, 11) is 0. The van der Waals surface area contributed by atoms with Crippen LogP contribution in [-0.4, -0.2) is 11.9 Å². The summed E-state index contributed by atoms with van der Waals surface area (Å²) in [5.41, 5.74) is 0.341. The third-order valence-corrected chi connectivity index (χ3v) is 3.40. The molecule has 0 fully saturated rings. The summed E-state index contributed by atoms with van der Waals surface area (Å²) >= 11 is 0. The van der Waals surface area contributed by atoms with E-state index in [0.717, 1.165) is 11.1 Å². The topological polar surface area (TPSA) is 77.3 Å². The van der Waals surface area contributed by atoms with Crippen molar-refractivity contribution in [1.82, 2.24) is 10.6 Å². The van der Waals surface area contributed by atoms with Crippen LogP contribution in [0.25, 0.3) is 0 Å². The molecule has 3 rings (SSSR count). The number of hydrogen-bond donors (Lipinski definition) is 2. The number of rotatable bonds is 2. The minimum Gasteiger partial charge on any atom is -0.293 e. The minimum atomic E-state index is -1.16. The van der Waals surface area contributed by atoms with Crippen molar-refractivity contribution in [2.45, 2.75) is 5.54 Å². The zero-order chi connectivity index (χ0) is 14.7. The Bertz CT molecular complexity index is 692. The summed E-state index contributed by atoms with van der Waals surface area (Å²) in [6.45, 7) is 0. The maximum absolute atomic E-state index is 12.6. The standard InChI is InChI=1S/C16H12N4O/c17-11-18-15-19-14(21)16(20-15,12-7-3-1-4-8-12)13-9-5-2-6-10-13/h1-10H,(H2,18,19,20,21). The van der Waals surface area contributed by atoms with Crippen molar-refractivity contribution in [3.05, 3.63) is 71.8 Å². The molecule has 0 atom stereocenters. The van der Waals surface area contributed by atoms with Gasteiger partial charge in [-0.2, -0.15) is 5.26 Å². The molecule has 1 aliphatic rings. The molecule has 0 aliphatic carbocycles. The summed E-state index contributed by atoms with van der Waals surface area (Å²) in [6.07, 6.45) is 1.78. The van der Waals surface area contributed by atoms with Gasteiger partial charge in [0, 0.05) is 0 Å². The Balaban J connectivity index is 2.22. The lowest BCUT2D eigenvalue weighted by Gasteiger charge is -2.24. The van der Waals surface area contributed by atoms with Crippen LogP contribution in [0.4, 0.5) is 0 Å². The van der Waals surface area contributed by atoms with Crippen molar-refractivity contribution in [2.24, 2.45) is 4.99 Å². The molecule has 102 valence electrons. The second-order valence-electron chi connectivity index (χ2n) is 4.59. The molecule has 0 saturated carbocycles. The van der Waals surface area contributed by atoms with Crippen LogP contribution in [0.1, 0.15) is 11.1 Å². The molecule has 2 N–H and O–H groups in total. The third-order valence-electron chi connectivity index (χ3n) is 3.40. The minimum absolute atomic E-state index is 0.162. The van der Waals surface area contributed by atoms with Crippen molar-refractivity contribution in [3.8, 4) is 6.19 Å². The fraction of sp³-hybridized carbons (Fsp3) is 0.0625.